The summed E-state index contributed by atoms with van der Waals surface area (Å²) in [5.41, 5.74) is 7.47. The van der Waals surface area contributed by atoms with Gasteiger partial charge in [-0.1, -0.05) is 17.7 Å². The first-order valence-corrected chi connectivity index (χ1v) is 7.08. The van der Waals surface area contributed by atoms with Crippen molar-refractivity contribution in [2.24, 2.45) is 5.73 Å². The number of hydrogen-bond acceptors (Lipinski definition) is 3. The fourth-order valence-corrected chi connectivity index (χ4v) is 2.12. The molecular weight excluding hydrogens is 328 g/mol. The van der Waals surface area contributed by atoms with Crippen LogP contribution < -0.4 is 10.5 Å². The molecule has 2 rings (SSSR count). The van der Waals surface area contributed by atoms with Crippen LogP contribution in [0.4, 0.5) is 0 Å². The van der Waals surface area contributed by atoms with Crippen LogP contribution in [0.3, 0.4) is 0 Å². The molecule has 0 spiro atoms. The number of pyridine rings is 1. The van der Waals surface area contributed by atoms with Crippen LogP contribution in [0.2, 0.25) is 5.02 Å². The molecule has 19 heavy (non-hydrogen) atoms. The van der Waals surface area contributed by atoms with E-state index in [1.807, 2.05) is 30.3 Å². The van der Waals surface area contributed by atoms with Crippen LogP contribution in [0, 0.1) is 0 Å². The molecule has 0 atom stereocenters. The summed E-state index contributed by atoms with van der Waals surface area (Å²) in [5, 5.41) is 0.600. The Bertz CT molecular complexity index is 546. The van der Waals surface area contributed by atoms with E-state index in [4.69, 9.17) is 22.1 Å². The van der Waals surface area contributed by atoms with Crippen molar-refractivity contribution in [2.45, 2.75) is 13.0 Å². The van der Waals surface area contributed by atoms with Crippen molar-refractivity contribution in [3.05, 3.63) is 57.3 Å². The first-order valence-electron chi connectivity index (χ1n) is 5.91. The normalized spacial score (nSPS) is 10.5. The quantitative estimate of drug-likeness (QED) is 0.904. The van der Waals surface area contributed by atoms with Gasteiger partial charge in [-0.3, -0.25) is 4.98 Å². The Morgan fingerprint density at radius 3 is 2.74 bits per heavy atom. The maximum Gasteiger partial charge on any atom is 0.138 e. The molecule has 0 aliphatic rings. The third kappa shape index (κ3) is 4.20. The molecule has 0 aliphatic heterocycles. The molecule has 100 valence electrons. The third-order valence-electron chi connectivity index (χ3n) is 2.59. The van der Waals surface area contributed by atoms with E-state index in [2.05, 4.69) is 20.9 Å². The average molecular weight is 342 g/mol. The van der Waals surface area contributed by atoms with Gasteiger partial charge in [0.15, 0.2) is 0 Å². The summed E-state index contributed by atoms with van der Waals surface area (Å²) in [6.07, 6.45) is 2.55. The molecule has 0 aliphatic carbocycles. The monoisotopic (exact) mass is 340 g/mol. The second-order valence-corrected chi connectivity index (χ2v) is 5.38. The minimum Gasteiger partial charge on any atom is -0.486 e. The van der Waals surface area contributed by atoms with E-state index in [1.54, 1.807) is 6.20 Å². The summed E-state index contributed by atoms with van der Waals surface area (Å²) in [4.78, 5) is 4.24. The molecule has 1 aromatic heterocycles. The second-order valence-electron chi connectivity index (χ2n) is 4.06. The molecule has 3 nitrogen and oxygen atoms in total. The van der Waals surface area contributed by atoms with Crippen molar-refractivity contribution in [3.63, 3.8) is 0 Å². The van der Waals surface area contributed by atoms with E-state index in [0.29, 0.717) is 23.9 Å². The molecule has 2 aromatic rings. The van der Waals surface area contributed by atoms with Crippen molar-refractivity contribution in [1.82, 2.24) is 4.98 Å². The molecule has 1 heterocycles. The lowest BCUT2D eigenvalue weighted by atomic mass is 10.1. The molecule has 0 radical (unpaired) electrons. The van der Waals surface area contributed by atoms with Crippen LogP contribution in [0.5, 0.6) is 5.75 Å². The molecule has 0 saturated heterocycles. The number of halogens is 2. The second kappa shape index (κ2) is 6.89. The highest BCUT2D eigenvalue weighted by molar-refractivity contribution is 9.10. The molecular formula is C14H14BrClN2O. The minimum atomic E-state index is 0.392. The maximum atomic E-state index is 6.16. The Morgan fingerprint density at radius 1 is 1.26 bits per heavy atom. The number of benzene rings is 1. The summed E-state index contributed by atoms with van der Waals surface area (Å²) in [6.45, 7) is 1.00. The van der Waals surface area contributed by atoms with Gasteiger partial charge in [-0.25, -0.2) is 0 Å². The van der Waals surface area contributed by atoms with Gasteiger partial charge in [0, 0.05) is 10.7 Å². The Labute approximate surface area is 125 Å². The molecule has 0 unspecified atom stereocenters. The highest BCUT2D eigenvalue weighted by Gasteiger charge is 2.04. The molecule has 0 saturated carbocycles. The molecule has 5 heteroatoms. The number of rotatable bonds is 5. The average Bonchev–Trinajstić information content (AvgIpc) is 2.40. The summed E-state index contributed by atoms with van der Waals surface area (Å²) >= 11 is 9.50. The van der Waals surface area contributed by atoms with E-state index >= 15 is 0 Å². The molecule has 2 N–H and O–H groups in total. The molecule has 0 fully saturated rings. The van der Waals surface area contributed by atoms with Crippen LogP contribution >= 0.6 is 27.5 Å². The Balaban J connectivity index is 2.01. The first-order chi connectivity index (χ1) is 9.19. The van der Waals surface area contributed by atoms with Gasteiger partial charge < -0.3 is 10.5 Å². The highest BCUT2D eigenvalue weighted by atomic mass is 79.9. The van der Waals surface area contributed by atoms with Gasteiger partial charge in [0.2, 0.25) is 0 Å². The molecule has 1 aromatic carbocycles. The molecule has 0 amide bonds. The minimum absolute atomic E-state index is 0.392. The SMILES string of the molecule is NCCc1ccc(OCc2ccc(Br)cn2)c(Cl)c1. The number of nitrogens with zero attached hydrogens (tertiary/aromatic N) is 1. The van der Waals surface area contributed by atoms with Crippen molar-refractivity contribution in [3.8, 4) is 5.75 Å². The Kier molecular flexibility index (Phi) is 5.19. The van der Waals surface area contributed by atoms with Crippen LogP contribution in [0.25, 0.3) is 0 Å². The summed E-state index contributed by atoms with van der Waals surface area (Å²) in [5.74, 6) is 0.659. The van der Waals surface area contributed by atoms with E-state index in [-0.39, 0.29) is 0 Å². The topological polar surface area (TPSA) is 48.1 Å². The lowest BCUT2D eigenvalue weighted by Gasteiger charge is -2.09. The van der Waals surface area contributed by atoms with E-state index in [1.165, 1.54) is 0 Å². The summed E-state index contributed by atoms with van der Waals surface area (Å²) in [7, 11) is 0. The number of hydrogen-bond donors (Lipinski definition) is 1. The van der Waals surface area contributed by atoms with E-state index < -0.39 is 0 Å². The van der Waals surface area contributed by atoms with E-state index in [0.717, 1.165) is 22.2 Å². The first kappa shape index (κ1) is 14.3. The smallest absolute Gasteiger partial charge is 0.138 e. The number of nitrogens with two attached hydrogens (primary N) is 1. The summed E-state index contributed by atoms with van der Waals surface area (Å²) < 4.78 is 6.60. The Morgan fingerprint density at radius 2 is 2.11 bits per heavy atom. The lowest BCUT2D eigenvalue weighted by molar-refractivity contribution is 0.301. The third-order valence-corrected chi connectivity index (χ3v) is 3.36. The van der Waals surface area contributed by atoms with Gasteiger partial charge in [0.05, 0.1) is 10.7 Å². The maximum absolute atomic E-state index is 6.16. The zero-order chi connectivity index (χ0) is 13.7. The van der Waals surface area contributed by atoms with Crippen molar-refractivity contribution < 1.29 is 4.74 Å². The van der Waals surface area contributed by atoms with Gasteiger partial charge in [-0.05, 0) is 58.7 Å². The van der Waals surface area contributed by atoms with Gasteiger partial charge >= 0.3 is 0 Å². The van der Waals surface area contributed by atoms with Gasteiger partial charge in [-0.2, -0.15) is 0 Å². The number of aromatic nitrogens is 1. The Hall–Kier alpha value is -1.10. The van der Waals surface area contributed by atoms with Gasteiger partial charge in [0.1, 0.15) is 12.4 Å². The zero-order valence-corrected chi connectivity index (χ0v) is 12.6. The highest BCUT2D eigenvalue weighted by Crippen LogP contribution is 2.26. The van der Waals surface area contributed by atoms with Crippen LogP contribution in [-0.4, -0.2) is 11.5 Å². The van der Waals surface area contributed by atoms with Crippen molar-refractivity contribution >= 4 is 27.5 Å². The predicted octanol–water partition coefficient (Wildman–Crippen LogP) is 3.58. The predicted molar refractivity (Wildman–Crippen MR) is 80.5 cm³/mol. The van der Waals surface area contributed by atoms with Gasteiger partial charge in [-0.15, -0.1) is 0 Å². The van der Waals surface area contributed by atoms with Crippen molar-refractivity contribution in [1.29, 1.82) is 0 Å². The fraction of sp³-hybridized carbons (Fsp3) is 0.214. The van der Waals surface area contributed by atoms with E-state index in [9.17, 15) is 0 Å². The van der Waals surface area contributed by atoms with Crippen LogP contribution in [-0.2, 0) is 13.0 Å². The largest absolute Gasteiger partial charge is 0.486 e. The molecule has 0 bridgehead atoms. The zero-order valence-electron chi connectivity index (χ0n) is 10.3. The number of ether oxygens (including phenoxy) is 1. The van der Waals surface area contributed by atoms with Gasteiger partial charge in [0.25, 0.3) is 0 Å². The van der Waals surface area contributed by atoms with Crippen LogP contribution in [0.1, 0.15) is 11.3 Å². The standard InChI is InChI=1S/C14H14BrClN2O/c15-11-2-3-12(18-8-11)9-19-14-4-1-10(5-6-17)7-13(14)16/h1-4,7-8H,5-6,9,17H2. The summed E-state index contributed by atoms with van der Waals surface area (Å²) in [6, 6.07) is 9.56. The fourth-order valence-electron chi connectivity index (χ4n) is 1.63. The van der Waals surface area contributed by atoms with Crippen molar-refractivity contribution in [2.75, 3.05) is 6.54 Å². The lowest BCUT2D eigenvalue weighted by Crippen LogP contribution is -2.03. The van der Waals surface area contributed by atoms with Crippen LogP contribution in [0.15, 0.2) is 41.0 Å².